The van der Waals surface area contributed by atoms with Gasteiger partial charge in [0.2, 0.25) is 0 Å². The maximum absolute atomic E-state index is 9.46. The Labute approximate surface area is 118 Å². The van der Waals surface area contributed by atoms with Crippen molar-refractivity contribution in [2.45, 2.75) is 19.6 Å². The van der Waals surface area contributed by atoms with Gasteiger partial charge in [-0.05, 0) is 6.92 Å². The Morgan fingerprint density at radius 2 is 2.40 bits per heavy atom. The highest BCUT2D eigenvalue weighted by atomic mass is 16.5. The number of aliphatic hydroxyl groups is 1. The van der Waals surface area contributed by atoms with Crippen molar-refractivity contribution in [1.82, 2.24) is 9.97 Å². The topological polar surface area (TPSA) is 79.7 Å². The highest BCUT2D eigenvalue weighted by molar-refractivity contribution is 5.50. The average Bonchev–Trinajstić information content (AvgIpc) is 2.47. The number of rotatable bonds is 6. The van der Waals surface area contributed by atoms with Gasteiger partial charge in [-0.25, -0.2) is 9.97 Å². The molecule has 0 spiro atoms. The summed E-state index contributed by atoms with van der Waals surface area (Å²) >= 11 is 0. The van der Waals surface area contributed by atoms with Crippen LogP contribution in [0.15, 0.2) is 6.07 Å². The number of aliphatic hydroxyl groups excluding tert-OH is 1. The molecule has 2 rings (SSSR count). The lowest BCUT2D eigenvalue weighted by Crippen LogP contribution is -2.48. The minimum atomic E-state index is -0.0662. The predicted octanol–water partition coefficient (Wildman–Crippen LogP) is 0.252. The zero-order chi connectivity index (χ0) is 14.4. The van der Waals surface area contributed by atoms with Crippen LogP contribution in [0, 0.1) is 0 Å². The van der Waals surface area contributed by atoms with Crippen LogP contribution in [0.25, 0.3) is 0 Å². The lowest BCUT2D eigenvalue weighted by Gasteiger charge is -2.35. The summed E-state index contributed by atoms with van der Waals surface area (Å²) in [6.45, 7) is 5.06. The van der Waals surface area contributed by atoms with Gasteiger partial charge in [-0.1, -0.05) is 0 Å². The molecule has 7 nitrogen and oxygen atoms in total. The summed E-state index contributed by atoms with van der Waals surface area (Å²) in [6.07, 6.45) is 0. The molecule has 0 bridgehead atoms. The minimum absolute atomic E-state index is 0.0418. The SMILES string of the molecule is CCNc1cc(N2CCOCC2CO)nc(COC)n1. The monoisotopic (exact) mass is 282 g/mol. The fourth-order valence-corrected chi connectivity index (χ4v) is 2.20. The fourth-order valence-electron chi connectivity index (χ4n) is 2.20. The summed E-state index contributed by atoms with van der Waals surface area (Å²) in [5.74, 6) is 2.20. The number of ether oxygens (including phenoxy) is 2. The number of nitrogens with zero attached hydrogens (tertiary/aromatic N) is 3. The van der Waals surface area contributed by atoms with Crippen molar-refractivity contribution < 1.29 is 14.6 Å². The molecule has 7 heteroatoms. The molecule has 0 aliphatic carbocycles. The number of nitrogens with one attached hydrogen (secondary N) is 1. The number of methoxy groups -OCH3 is 1. The summed E-state index contributed by atoms with van der Waals surface area (Å²) in [6, 6.07) is 1.83. The molecule has 1 aromatic rings. The quantitative estimate of drug-likeness (QED) is 0.774. The lowest BCUT2D eigenvalue weighted by atomic mass is 10.2. The van der Waals surface area contributed by atoms with E-state index >= 15 is 0 Å². The van der Waals surface area contributed by atoms with Crippen molar-refractivity contribution in [3.63, 3.8) is 0 Å². The van der Waals surface area contributed by atoms with E-state index in [-0.39, 0.29) is 12.6 Å². The Bertz CT molecular complexity index is 406. The summed E-state index contributed by atoms with van der Waals surface area (Å²) in [4.78, 5) is 11.0. The van der Waals surface area contributed by atoms with Crippen LogP contribution in [0.4, 0.5) is 11.6 Å². The first-order valence-corrected chi connectivity index (χ1v) is 6.84. The van der Waals surface area contributed by atoms with Gasteiger partial charge in [0.15, 0.2) is 5.82 Å². The van der Waals surface area contributed by atoms with Crippen LogP contribution < -0.4 is 10.2 Å². The number of morpholine rings is 1. The zero-order valence-electron chi connectivity index (χ0n) is 12.0. The molecule has 1 atom stereocenters. The number of anilines is 2. The second-order valence-electron chi connectivity index (χ2n) is 4.60. The number of hydrogen-bond donors (Lipinski definition) is 2. The molecule has 112 valence electrons. The number of aromatic nitrogens is 2. The average molecular weight is 282 g/mol. The molecule has 0 amide bonds. The second kappa shape index (κ2) is 7.37. The Balaban J connectivity index is 2.27. The van der Waals surface area contributed by atoms with Crippen molar-refractivity contribution in [2.24, 2.45) is 0 Å². The molecule has 2 heterocycles. The first-order chi connectivity index (χ1) is 9.78. The first-order valence-electron chi connectivity index (χ1n) is 6.84. The molecule has 0 aromatic carbocycles. The van der Waals surface area contributed by atoms with Gasteiger partial charge < -0.3 is 24.8 Å². The van der Waals surface area contributed by atoms with Gasteiger partial charge in [-0.2, -0.15) is 0 Å². The van der Waals surface area contributed by atoms with Crippen molar-refractivity contribution in [2.75, 3.05) is 50.2 Å². The molecule has 1 saturated heterocycles. The van der Waals surface area contributed by atoms with Gasteiger partial charge in [0.1, 0.15) is 18.2 Å². The van der Waals surface area contributed by atoms with Gasteiger partial charge in [0.25, 0.3) is 0 Å². The molecule has 1 fully saturated rings. The third kappa shape index (κ3) is 3.56. The third-order valence-corrected chi connectivity index (χ3v) is 3.12. The Morgan fingerprint density at radius 1 is 1.55 bits per heavy atom. The van der Waals surface area contributed by atoms with E-state index in [4.69, 9.17) is 9.47 Å². The lowest BCUT2D eigenvalue weighted by molar-refractivity contribution is 0.0722. The summed E-state index contributed by atoms with van der Waals surface area (Å²) in [5, 5.41) is 12.7. The van der Waals surface area contributed by atoms with E-state index in [2.05, 4.69) is 20.2 Å². The van der Waals surface area contributed by atoms with Crippen molar-refractivity contribution >= 4 is 11.6 Å². The van der Waals surface area contributed by atoms with Crippen molar-refractivity contribution in [3.8, 4) is 0 Å². The van der Waals surface area contributed by atoms with Gasteiger partial charge in [0, 0.05) is 26.3 Å². The molecule has 0 saturated carbocycles. The van der Waals surface area contributed by atoms with E-state index in [1.54, 1.807) is 7.11 Å². The van der Waals surface area contributed by atoms with Crippen molar-refractivity contribution in [1.29, 1.82) is 0 Å². The van der Waals surface area contributed by atoms with Gasteiger partial charge in [0.05, 0.1) is 25.9 Å². The van der Waals surface area contributed by atoms with Crippen LogP contribution in [0.5, 0.6) is 0 Å². The minimum Gasteiger partial charge on any atom is -0.394 e. The largest absolute Gasteiger partial charge is 0.394 e. The predicted molar refractivity (Wildman–Crippen MR) is 75.9 cm³/mol. The Morgan fingerprint density at radius 3 is 3.10 bits per heavy atom. The molecular formula is C13H22N4O3. The molecule has 20 heavy (non-hydrogen) atoms. The number of hydrogen-bond acceptors (Lipinski definition) is 7. The summed E-state index contributed by atoms with van der Waals surface area (Å²) in [5.41, 5.74) is 0. The maximum atomic E-state index is 9.46. The van der Waals surface area contributed by atoms with Crippen LogP contribution in [-0.2, 0) is 16.1 Å². The molecule has 2 N–H and O–H groups in total. The zero-order valence-corrected chi connectivity index (χ0v) is 12.0. The van der Waals surface area contributed by atoms with Crippen molar-refractivity contribution in [3.05, 3.63) is 11.9 Å². The highest BCUT2D eigenvalue weighted by Crippen LogP contribution is 2.20. The smallest absolute Gasteiger partial charge is 0.158 e. The van der Waals surface area contributed by atoms with Crippen LogP contribution in [0.1, 0.15) is 12.7 Å². The molecule has 1 unspecified atom stereocenters. The van der Waals surface area contributed by atoms with E-state index in [0.29, 0.717) is 32.2 Å². The first kappa shape index (κ1) is 15.0. The van der Waals surface area contributed by atoms with Gasteiger partial charge >= 0.3 is 0 Å². The Kier molecular flexibility index (Phi) is 5.51. The molecule has 1 aliphatic heterocycles. The fraction of sp³-hybridized carbons (Fsp3) is 0.692. The van der Waals surface area contributed by atoms with E-state index in [9.17, 15) is 5.11 Å². The molecule has 1 aliphatic rings. The van der Waals surface area contributed by atoms with Gasteiger partial charge in [-0.15, -0.1) is 0 Å². The second-order valence-corrected chi connectivity index (χ2v) is 4.60. The molecule has 1 aromatic heterocycles. The van der Waals surface area contributed by atoms with E-state index in [1.807, 2.05) is 13.0 Å². The molecular weight excluding hydrogens is 260 g/mol. The maximum Gasteiger partial charge on any atom is 0.158 e. The normalized spacial score (nSPS) is 19.1. The summed E-state index contributed by atoms with van der Waals surface area (Å²) < 4.78 is 10.5. The molecule has 0 radical (unpaired) electrons. The summed E-state index contributed by atoms with van der Waals surface area (Å²) in [7, 11) is 1.62. The van der Waals surface area contributed by atoms with E-state index < -0.39 is 0 Å². The van der Waals surface area contributed by atoms with Crippen LogP contribution in [-0.4, -0.2) is 61.1 Å². The van der Waals surface area contributed by atoms with Gasteiger partial charge in [-0.3, -0.25) is 0 Å². The van der Waals surface area contributed by atoms with Crippen LogP contribution in [0.2, 0.25) is 0 Å². The van der Waals surface area contributed by atoms with E-state index in [1.165, 1.54) is 0 Å². The van der Waals surface area contributed by atoms with Crippen LogP contribution in [0.3, 0.4) is 0 Å². The Hall–Kier alpha value is -1.44. The van der Waals surface area contributed by atoms with E-state index in [0.717, 1.165) is 18.2 Å². The highest BCUT2D eigenvalue weighted by Gasteiger charge is 2.24. The van der Waals surface area contributed by atoms with Crippen LogP contribution >= 0.6 is 0 Å². The third-order valence-electron chi connectivity index (χ3n) is 3.12. The standard InChI is InChI=1S/C13H22N4O3/c1-3-14-11-6-13(16-12(15-11)9-19-2)17-4-5-20-8-10(17)7-18/h6,10,18H,3-5,7-9H2,1-2H3,(H,14,15,16).